The van der Waals surface area contributed by atoms with Gasteiger partial charge in [-0.25, -0.2) is 8.42 Å². The summed E-state index contributed by atoms with van der Waals surface area (Å²) in [7, 11) is -4.17. The fourth-order valence-electron chi connectivity index (χ4n) is 4.99. The summed E-state index contributed by atoms with van der Waals surface area (Å²) in [6.07, 6.45) is 3.96. The second-order valence-electron chi connectivity index (χ2n) is 10.5. The van der Waals surface area contributed by atoms with E-state index in [9.17, 15) is 18.0 Å². The molecule has 0 bridgehead atoms. The number of aryl methyl sites for hydroxylation is 2. The first-order valence-corrected chi connectivity index (χ1v) is 15.4. The molecule has 9 heteroatoms. The lowest BCUT2D eigenvalue weighted by Gasteiger charge is -2.32. The van der Waals surface area contributed by atoms with Gasteiger partial charge in [-0.3, -0.25) is 13.9 Å². The number of hydrogen-bond donors (Lipinski definition) is 1. The van der Waals surface area contributed by atoms with Crippen LogP contribution in [0.1, 0.15) is 49.3 Å². The highest BCUT2D eigenvalue weighted by Gasteiger charge is 2.34. The quantitative estimate of drug-likeness (QED) is 0.336. The van der Waals surface area contributed by atoms with Gasteiger partial charge >= 0.3 is 0 Å². The third-order valence-corrected chi connectivity index (χ3v) is 9.41. The number of rotatable bonds is 10. The topological polar surface area (TPSA) is 86.8 Å². The van der Waals surface area contributed by atoms with Gasteiger partial charge in [0.05, 0.1) is 15.6 Å². The molecule has 0 radical (unpaired) electrons. The van der Waals surface area contributed by atoms with Crippen molar-refractivity contribution < 1.29 is 18.0 Å². The molecule has 0 aliphatic heterocycles. The molecule has 0 unspecified atom stereocenters. The predicted octanol–water partition coefficient (Wildman–Crippen LogP) is 5.63. The number of amides is 2. The molecule has 1 atom stereocenters. The van der Waals surface area contributed by atoms with Crippen LogP contribution >= 0.6 is 11.6 Å². The van der Waals surface area contributed by atoms with Crippen LogP contribution in [0.5, 0.6) is 0 Å². The molecule has 1 aliphatic carbocycles. The number of hydrogen-bond acceptors (Lipinski definition) is 4. The van der Waals surface area contributed by atoms with Crippen LogP contribution in [-0.4, -0.2) is 43.8 Å². The number of para-hydroxylation sites is 1. The summed E-state index contributed by atoms with van der Waals surface area (Å²) < 4.78 is 28.9. The number of carbonyl (C=O) groups excluding carboxylic acids is 2. The maximum atomic E-state index is 14.0. The highest BCUT2D eigenvalue weighted by atomic mass is 35.5. The Balaban J connectivity index is 1.69. The standard InChI is InChI=1S/C31H36ClN3O4S/c1-22-15-17-27(18-16-22)40(38,39)35(29-14-7-6-13-28(29)32)21-30(36)34(20-25-10-8-9-23(2)19-25)24(3)31(37)33-26-11-4-5-12-26/h6-10,13-19,24,26H,4-5,11-12,20-21H2,1-3H3,(H,33,37)/t24-/m1/s1. The van der Waals surface area contributed by atoms with Crippen molar-refractivity contribution in [2.45, 2.75) is 70.0 Å². The minimum absolute atomic E-state index is 0.0445. The Morgan fingerprint density at radius 3 is 2.27 bits per heavy atom. The minimum Gasteiger partial charge on any atom is -0.352 e. The van der Waals surface area contributed by atoms with Crippen molar-refractivity contribution in [3.63, 3.8) is 0 Å². The first-order valence-electron chi connectivity index (χ1n) is 13.6. The average molecular weight is 582 g/mol. The number of nitrogens with one attached hydrogen (secondary N) is 1. The van der Waals surface area contributed by atoms with Gasteiger partial charge in [0, 0.05) is 12.6 Å². The Morgan fingerprint density at radius 1 is 0.950 bits per heavy atom. The summed E-state index contributed by atoms with van der Waals surface area (Å²) in [6.45, 7) is 5.14. The molecule has 40 heavy (non-hydrogen) atoms. The Kier molecular flexibility index (Phi) is 9.53. The van der Waals surface area contributed by atoms with E-state index in [0.717, 1.165) is 46.7 Å². The van der Waals surface area contributed by atoms with Crippen LogP contribution in [0.3, 0.4) is 0 Å². The molecule has 4 rings (SSSR count). The third-order valence-electron chi connectivity index (χ3n) is 7.31. The Morgan fingerprint density at radius 2 is 1.62 bits per heavy atom. The Bertz CT molecular complexity index is 1450. The minimum atomic E-state index is -4.17. The van der Waals surface area contributed by atoms with Crippen LogP contribution in [0.2, 0.25) is 5.02 Å². The number of nitrogens with zero attached hydrogens (tertiary/aromatic N) is 2. The number of benzene rings is 3. The van der Waals surface area contributed by atoms with Gasteiger partial charge in [-0.2, -0.15) is 0 Å². The van der Waals surface area contributed by atoms with Gasteiger partial charge in [-0.05, 0) is 63.4 Å². The molecular weight excluding hydrogens is 546 g/mol. The summed E-state index contributed by atoms with van der Waals surface area (Å²) >= 11 is 6.46. The smallest absolute Gasteiger partial charge is 0.264 e. The molecule has 0 aromatic heterocycles. The van der Waals surface area contributed by atoms with Crippen LogP contribution in [0, 0.1) is 13.8 Å². The number of carbonyl (C=O) groups is 2. The second kappa shape index (κ2) is 12.9. The van der Waals surface area contributed by atoms with Gasteiger partial charge in [0.15, 0.2) is 0 Å². The van der Waals surface area contributed by atoms with Gasteiger partial charge in [-0.15, -0.1) is 0 Å². The molecular formula is C31H36ClN3O4S. The van der Waals surface area contributed by atoms with E-state index in [1.165, 1.54) is 17.0 Å². The lowest BCUT2D eigenvalue weighted by Crippen LogP contribution is -2.52. The van der Waals surface area contributed by atoms with Crippen molar-refractivity contribution in [2.75, 3.05) is 10.8 Å². The molecule has 1 N–H and O–H groups in total. The zero-order valence-electron chi connectivity index (χ0n) is 23.1. The van der Waals surface area contributed by atoms with E-state index >= 15 is 0 Å². The second-order valence-corrected chi connectivity index (χ2v) is 12.7. The van der Waals surface area contributed by atoms with Gasteiger partial charge in [-0.1, -0.05) is 84.1 Å². The maximum absolute atomic E-state index is 14.0. The van der Waals surface area contributed by atoms with Crippen LogP contribution in [0.15, 0.2) is 77.7 Å². The van der Waals surface area contributed by atoms with Crippen LogP contribution in [-0.2, 0) is 26.2 Å². The first-order chi connectivity index (χ1) is 19.1. The van der Waals surface area contributed by atoms with Crippen LogP contribution in [0.25, 0.3) is 0 Å². The fourth-order valence-corrected chi connectivity index (χ4v) is 6.71. The van der Waals surface area contributed by atoms with E-state index in [1.807, 2.05) is 38.1 Å². The summed E-state index contributed by atoms with van der Waals surface area (Å²) in [4.78, 5) is 28.8. The monoisotopic (exact) mass is 581 g/mol. The van der Waals surface area contributed by atoms with Gasteiger partial charge < -0.3 is 10.2 Å². The first kappa shape index (κ1) is 29.6. The highest BCUT2D eigenvalue weighted by molar-refractivity contribution is 7.92. The van der Waals surface area contributed by atoms with E-state index in [-0.39, 0.29) is 34.1 Å². The van der Waals surface area contributed by atoms with E-state index in [2.05, 4.69) is 5.32 Å². The molecule has 0 heterocycles. The molecule has 1 saturated carbocycles. The Labute approximate surface area is 242 Å². The molecule has 0 saturated heterocycles. The predicted molar refractivity (Wildman–Crippen MR) is 159 cm³/mol. The SMILES string of the molecule is Cc1ccc(S(=O)(=O)N(CC(=O)N(Cc2cccc(C)c2)[C@H](C)C(=O)NC2CCCC2)c2ccccc2Cl)cc1. The lowest BCUT2D eigenvalue weighted by molar-refractivity contribution is -0.139. The van der Waals surface area contributed by atoms with E-state index in [1.54, 1.807) is 43.3 Å². The van der Waals surface area contributed by atoms with Crippen molar-refractivity contribution in [3.05, 3.63) is 94.5 Å². The van der Waals surface area contributed by atoms with Crippen molar-refractivity contribution in [1.29, 1.82) is 0 Å². The van der Waals surface area contributed by atoms with Crippen molar-refractivity contribution in [3.8, 4) is 0 Å². The van der Waals surface area contributed by atoms with Crippen molar-refractivity contribution in [1.82, 2.24) is 10.2 Å². The van der Waals surface area contributed by atoms with Crippen LogP contribution < -0.4 is 9.62 Å². The molecule has 3 aromatic carbocycles. The van der Waals surface area contributed by atoms with Gasteiger partial charge in [0.25, 0.3) is 10.0 Å². The van der Waals surface area contributed by atoms with E-state index in [4.69, 9.17) is 11.6 Å². The van der Waals surface area contributed by atoms with Crippen molar-refractivity contribution >= 4 is 39.1 Å². The summed E-state index contributed by atoms with van der Waals surface area (Å²) in [5.41, 5.74) is 2.97. The Hall–Kier alpha value is -3.36. The summed E-state index contributed by atoms with van der Waals surface area (Å²) in [5.74, 6) is -0.759. The molecule has 2 amide bonds. The molecule has 1 fully saturated rings. The zero-order chi connectivity index (χ0) is 28.9. The highest BCUT2D eigenvalue weighted by Crippen LogP contribution is 2.31. The molecule has 0 spiro atoms. The average Bonchev–Trinajstić information content (AvgIpc) is 3.43. The summed E-state index contributed by atoms with van der Waals surface area (Å²) in [5, 5.41) is 3.28. The van der Waals surface area contributed by atoms with Crippen molar-refractivity contribution in [2.24, 2.45) is 0 Å². The maximum Gasteiger partial charge on any atom is 0.264 e. The molecule has 3 aromatic rings. The zero-order valence-corrected chi connectivity index (χ0v) is 24.7. The normalized spacial score (nSPS) is 14.5. The number of halogens is 1. The molecule has 7 nitrogen and oxygen atoms in total. The largest absolute Gasteiger partial charge is 0.352 e. The third kappa shape index (κ3) is 7.04. The van der Waals surface area contributed by atoms with E-state index in [0.29, 0.717) is 0 Å². The number of sulfonamides is 1. The fraction of sp³-hybridized carbons (Fsp3) is 0.355. The molecule has 212 valence electrons. The van der Waals surface area contributed by atoms with Gasteiger partial charge in [0.2, 0.25) is 11.8 Å². The molecule has 1 aliphatic rings. The number of anilines is 1. The van der Waals surface area contributed by atoms with Gasteiger partial charge in [0.1, 0.15) is 12.6 Å². The summed E-state index contributed by atoms with van der Waals surface area (Å²) in [6, 6.07) is 19.9. The van der Waals surface area contributed by atoms with E-state index < -0.39 is 28.5 Å². The van der Waals surface area contributed by atoms with Crippen LogP contribution in [0.4, 0.5) is 5.69 Å². The lowest BCUT2D eigenvalue weighted by atomic mass is 10.1.